The summed E-state index contributed by atoms with van der Waals surface area (Å²) in [5.41, 5.74) is 1.04. The molecule has 0 aliphatic carbocycles. The van der Waals surface area contributed by atoms with Gasteiger partial charge in [-0.3, -0.25) is 4.79 Å². The third kappa shape index (κ3) is 3.11. The standard InChI is InChI=1S/C11H13Cl2NO/c1-8(14(2)11(15)7-12)9-3-5-10(13)6-4-9/h3-6,8H,7H2,1-2H3/t8-/m1/s1. The van der Waals surface area contributed by atoms with E-state index in [9.17, 15) is 4.79 Å². The highest BCUT2D eigenvalue weighted by Gasteiger charge is 2.15. The van der Waals surface area contributed by atoms with Crippen molar-refractivity contribution in [1.82, 2.24) is 4.90 Å². The number of alkyl halides is 1. The summed E-state index contributed by atoms with van der Waals surface area (Å²) in [6.45, 7) is 1.95. The van der Waals surface area contributed by atoms with Crippen LogP contribution < -0.4 is 0 Å². The van der Waals surface area contributed by atoms with E-state index in [1.165, 1.54) is 0 Å². The first kappa shape index (κ1) is 12.3. The molecule has 2 nitrogen and oxygen atoms in total. The number of nitrogens with zero attached hydrogens (tertiary/aromatic N) is 1. The molecule has 1 atom stereocenters. The molecule has 1 amide bonds. The van der Waals surface area contributed by atoms with Gasteiger partial charge < -0.3 is 4.90 Å². The molecule has 1 aromatic carbocycles. The Kier molecular flexibility index (Phi) is 4.43. The van der Waals surface area contributed by atoms with Gasteiger partial charge in [0.15, 0.2) is 0 Å². The zero-order chi connectivity index (χ0) is 11.4. The molecule has 0 spiro atoms. The molecule has 0 radical (unpaired) electrons. The Morgan fingerprint density at radius 1 is 1.40 bits per heavy atom. The monoisotopic (exact) mass is 245 g/mol. The highest BCUT2D eigenvalue weighted by atomic mass is 35.5. The Balaban J connectivity index is 2.80. The van der Waals surface area contributed by atoms with Gasteiger partial charge >= 0.3 is 0 Å². The number of carbonyl (C=O) groups excluding carboxylic acids is 1. The van der Waals surface area contributed by atoms with Crippen molar-refractivity contribution in [3.8, 4) is 0 Å². The van der Waals surface area contributed by atoms with Crippen LogP contribution in [0.3, 0.4) is 0 Å². The van der Waals surface area contributed by atoms with E-state index in [0.29, 0.717) is 5.02 Å². The summed E-state index contributed by atoms with van der Waals surface area (Å²) in [7, 11) is 1.74. The Labute approximate surface area is 99.8 Å². The average molecular weight is 246 g/mol. The van der Waals surface area contributed by atoms with E-state index in [1.54, 1.807) is 11.9 Å². The molecule has 0 aliphatic heterocycles. The fourth-order valence-corrected chi connectivity index (χ4v) is 1.59. The summed E-state index contributed by atoms with van der Waals surface area (Å²) in [6, 6.07) is 7.45. The largest absolute Gasteiger partial charge is 0.338 e. The van der Waals surface area contributed by atoms with Crippen LogP contribution in [0.1, 0.15) is 18.5 Å². The van der Waals surface area contributed by atoms with Crippen LogP contribution in [-0.2, 0) is 4.79 Å². The quantitative estimate of drug-likeness (QED) is 0.750. The lowest BCUT2D eigenvalue weighted by Crippen LogP contribution is -2.30. The molecule has 4 heteroatoms. The summed E-state index contributed by atoms with van der Waals surface area (Å²) in [5, 5.41) is 0.692. The average Bonchev–Trinajstić information content (AvgIpc) is 2.27. The molecular formula is C11H13Cl2NO. The van der Waals surface area contributed by atoms with E-state index in [2.05, 4.69) is 0 Å². The summed E-state index contributed by atoms with van der Waals surface area (Å²) >= 11 is 11.3. The molecular weight excluding hydrogens is 233 g/mol. The highest BCUT2D eigenvalue weighted by Crippen LogP contribution is 2.20. The molecule has 0 unspecified atom stereocenters. The van der Waals surface area contributed by atoms with Crippen molar-refractivity contribution >= 4 is 29.1 Å². The molecule has 0 heterocycles. The van der Waals surface area contributed by atoms with Crippen molar-refractivity contribution in [2.24, 2.45) is 0 Å². The van der Waals surface area contributed by atoms with Gasteiger partial charge in [0.2, 0.25) is 5.91 Å². The van der Waals surface area contributed by atoms with E-state index >= 15 is 0 Å². The topological polar surface area (TPSA) is 20.3 Å². The van der Waals surface area contributed by atoms with Gasteiger partial charge in [-0.05, 0) is 24.6 Å². The van der Waals surface area contributed by atoms with Crippen LogP contribution >= 0.6 is 23.2 Å². The number of halogens is 2. The maximum absolute atomic E-state index is 11.4. The smallest absolute Gasteiger partial charge is 0.237 e. The fourth-order valence-electron chi connectivity index (χ4n) is 1.28. The first-order valence-electron chi connectivity index (χ1n) is 4.63. The van der Waals surface area contributed by atoms with Crippen molar-refractivity contribution in [3.63, 3.8) is 0 Å². The second-order valence-corrected chi connectivity index (χ2v) is 4.07. The van der Waals surface area contributed by atoms with E-state index in [-0.39, 0.29) is 17.8 Å². The van der Waals surface area contributed by atoms with Gasteiger partial charge in [0.05, 0.1) is 6.04 Å². The molecule has 0 fully saturated rings. The van der Waals surface area contributed by atoms with Gasteiger partial charge in [-0.25, -0.2) is 0 Å². The SMILES string of the molecule is C[C@H](c1ccc(Cl)cc1)N(C)C(=O)CCl. The van der Waals surface area contributed by atoms with E-state index < -0.39 is 0 Å². The number of rotatable bonds is 3. The third-order valence-electron chi connectivity index (χ3n) is 2.44. The van der Waals surface area contributed by atoms with Gasteiger partial charge in [-0.1, -0.05) is 23.7 Å². The molecule has 15 heavy (non-hydrogen) atoms. The third-order valence-corrected chi connectivity index (χ3v) is 2.92. The fraction of sp³-hybridized carbons (Fsp3) is 0.364. The van der Waals surface area contributed by atoms with Crippen LogP contribution in [0.15, 0.2) is 24.3 Å². The zero-order valence-corrected chi connectivity index (χ0v) is 10.2. The molecule has 0 saturated heterocycles. The zero-order valence-electron chi connectivity index (χ0n) is 8.71. The first-order chi connectivity index (χ1) is 7.06. The Bertz CT molecular complexity index is 337. The van der Waals surface area contributed by atoms with Crippen LogP contribution in [0.25, 0.3) is 0 Å². The van der Waals surface area contributed by atoms with Crippen molar-refractivity contribution < 1.29 is 4.79 Å². The van der Waals surface area contributed by atoms with Crippen molar-refractivity contribution in [2.75, 3.05) is 12.9 Å². The van der Waals surface area contributed by atoms with E-state index in [0.717, 1.165) is 5.56 Å². The molecule has 0 aliphatic rings. The Hall–Kier alpha value is -0.730. The number of carbonyl (C=O) groups is 1. The summed E-state index contributed by atoms with van der Waals surface area (Å²) < 4.78 is 0. The Morgan fingerprint density at radius 2 is 1.93 bits per heavy atom. The van der Waals surface area contributed by atoms with Crippen molar-refractivity contribution in [1.29, 1.82) is 0 Å². The predicted molar refractivity (Wildman–Crippen MR) is 63.4 cm³/mol. The molecule has 0 N–H and O–H groups in total. The number of hydrogen-bond acceptors (Lipinski definition) is 1. The van der Waals surface area contributed by atoms with Crippen LogP contribution in [0, 0.1) is 0 Å². The van der Waals surface area contributed by atoms with Gasteiger partial charge in [-0.2, -0.15) is 0 Å². The van der Waals surface area contributed by atoms with E-state index in [4.69, 9.17) is 23.2 Å². The number of benzene rings is 1. The molecule has 1 aromatic rings. The lowest BCUT2D eigenvalue weighted by atomic mass is 10.1. The lowest BCUT2D eigenvalue weighted by Gasteiger charge is -2.24. The number of amides is 1. The number of hydrogen-bond donors (Lipinski definition) is 0. The van der Waals surface area contributed by atoms with Crippen LogP contribution in [0.5, 0.6) is 0 Å². The normalized spacial score (nSPS) is 12.3. The molecule has 0 aromatic heterocycles. The summed E-state index contributed by atoms with van der Waals surface area (Å²) in [5.74, 6) is -0.0758. The maximum atomic E-state index is 11.4. The van der Waals surface area contributed by atoms with Crippen LogP contribution in [0.4, 0.5) is 0 Å². The van der Waals surface area contributed by atoms with Crippen molar-refractivity contribution in [2.45, 2.75) is 13.0 Å². The Morgan fingerprint density at radius 3 is 2.40 bits per heavy atom. The molecule has 82 valence electrons. The molecule has 1 rings (SSSR count). The lowest BCUT2D eigenvalue weighted by molar-refractivity contribution is -0.129. The second-order valence-electron chi connectivity index (χ2n) is 3.37. The molecule has 0 saturated carbocycles. The second kappa shape index (κ2) is 5.38. The van der Waals surface area contributed by atoms with Crippen LogP contribution in [-0.4, -0.2) is 23.7 Å². The highest BCUT2D eigenvalue weighted by molar-refractivity contribution is 6.30. The first-order valence-corrected chi connectivity index (χ1v) is 5.54. The summed E-state index contributed by atoms with van der Waals surface area (Å²) in [6.07, 6.45) is 0. The van der Waals surface area contributed by atoms with Crippen LogP contribution in [0.2, 0.25) is 5.02 Å². The predicted octanol–water partition coefficient (Wildman–Crippen LogP) is 3.10. The summed E-state index contributed by atoms with van der Waals surface area (Å²) in [4.78, 5) is 13.0. The van der Waals surface area contributed by atoms with E-state index in [1.807, 2.05) is 31.2 Å². The van der Waals surface area contributed by atoms with Crippen molar-refractivity contribution in [3.05, 3.63) is 34.9 Å². The minimum Gasteiger partial charge on any atom is -0.338 e. The van der Waals surface area contributed by atoms with Gasteiger partial charge in [0.25, 0.3) is 0 Å². The maximum Gasteiger partial charge on any atom is 0.237 e. The molecule has 0 bridgehead atoms. The van der Waals surface area contributed by atoms with Gasteiger partial charge in [0.1, 0.15) is 5.88 Å². The minimum absolute atomic E-state index is 0.00789. The minimum atomic E-state index is -0.0842. The van der Waals surface area contributed by atoms with Gasteiger partial charge in [-0.15, -0.1) is 11.6 Å². The van der Waals surface area contributed by atoms with Gasteiger partial charge in [0, 0.05) is 12.1 Å².